The predicted molar refractivity (Wildman–Crippen MR) is 78.3 cm³/mol. The normalized spacial score (nSPS) is 11.9. The van der Waals surface area contributed by atoms with E-state index in [0.717, 1.165) is 58.2 Å². The molecular formula is C13H30N4O. The summed E-state index contributed by atoms with van der Waals surface area (Å²) in [5.74, 6) is 0.910. The average Bonchev–Trinajstić information content (AvgIpc) is 2.33. The van der Waals surface area contributed by atoms with Gasteiger partial charge in [-0.3, -0.25) is 4.99 Å². The lowest BCUT2D eigenvalue weighted by molar-refractivity contribution is 0.146. The van der Waals surface area contributed by atoms with Crippen LogP contribution in [0.4, 0.5) is 0 Å². The van der Waals surface area contributed by atoms with Crippen molar-refractivity contribution >= 4 is 5.96 Å². The monoisotopic (exact) mass is 258 g/mol. The van der Waals surface area contributed by atoms with Crippen molar-refractivity contribution in [1.82, 2.24) is 15.5 Å². The summed E-state index contributed by atoms with van der Waals surface area (Å²) in [6.07, 6.45) is 2.10. The molecule has 108 valence electrons. The van der Waals surface area contributed by atoms with Gasteiger partial charge < -0.3 is 20.3 Å². The number of aliphatic imine (C=N–C) groups is 1. The van der Waals surface area contributed by atoms with E-state index in [-0.39, 0.29) is 0 Å². The Balaban J connectivity index is 3.71. The van der Waals surface area contributed by atoms with Gasteiger partial charge in [0.25, 0.3) is 0 Å². The maximum absolute atomic E-state index is 5.28. The van der Waals surface area contributed by atoms with E-state index in [1.54, 1.807) is 0 Å². The minimum Gasteiger partial charge on any atom is -0.382 e. The van der Waals surface area contributed by atoms with Crippen LogP contribution >= 0.6 is 0 Å². The molecule has 18 heavy (non-hydrogen) atoms. The van der Waals surface area contributed by atoms with Crippen molar-refractivity contribution in [3.8, 4) is 0 Å². The summed E-state index contributed by atoms with van der Waals surface area (Å²) >= 11 is 0. The molecule has 0 spiro atoms. The summed E-state index contributed by atoms with van der Waals surface area (Å²) in [4.78, 5) is 6.69. The van der Waals surface area contributed by atoms with Gasteiger partial charge in [-0.2, -0.15) is 0 Å². The van der Waals surface area contributed by atoms with Gasteiger partial charge in [0, 0.05) is 32.8 Å². The fourth-order valence-electron chi connectivity index (χ4n) is 1.45. The summed E-state index contributed by atoms with van der Waals surface area (Å²) in [5.41, 5.74) is 0. The minimum atomic E-state index is 0.784. The summed E-state index contributed by atoms with van der Waals surface area (Å²) in [6, 6.07) is 0. The van der Waals surface area contributed by atoms with Crippen molar-refractivity contribution in [2.45, 2.75) is 26.7 Å². The Kier molecular flexibility index (Phi) is 12.1. The molecule has 0 aromatic heterocycles. The van der Waals surface area contributed by atoms with Crippen LogP contribution in [0.2, 0.25) is 0 Å². The molecular weight excluding hydrogens is 228 g/mol. The molecule has 0 amide bonds. The molecule has 0 aromatic carbocycles. The second kappa shape index (κ2) is 12.6. The minimum absolute atomic E-state index is 0.784. The first kappa shape index (κ1) is 17.2. The van der Waals surface area contributed by atoms with Gasteiger partial charge in [0.2, 0.25) is 0 Å². The van der Waals surface area contributed by atoms with Crippen molar-refractivity contribution in [2.24, 2.45) is 4.99 Å². The van der Waals surface area contributed by atoms with E-state index < -0.39 is 0 Å². The number of guanidine groups is 1. The van der Waals surface area contributed by atoms with E-state index in [0.29, 0.717) is 0 Å². The lowest BCUT2D eigenvalue weighted by Gasteiger charge is -2.13. The van der Waals surface area contributed by atoms with E-state index in [9.17, 15) is 0 Å². The van der Waals surface area contributed by atoms with E-state index >= 15 is 0 Å². The van der Waals surface area contributed by atoms with Crippen molar-refractivity contribution < 1.29 is 4.74 Å². The number of nitrogens with one attached hydrogen (secondary N) is 2. The number of hydrogen-bond donors (Lipinski definition) is 2. The van der Waals surface area contributed by atoms with Crippen LogP contribution in [0.15, 0.2) is 4.99 Å². The van der Waals surface area contributed by atoms with Gasteiger partial charge in [-0.15, -0.1) is 0 Å². The first-order chi connectivity index (χ1) is 8.70. The van der Waals surface area contributed by atoms with Crippen LogP contribution in [0.3, 0.4) is 0 Å². The molecule has 5 nitrogen and oxygen atoms in total. The van der Waals surface area contributed by atoms with E-state index in [2.05, 4.69) is 41.5 Å². The average molecular weight is 258 g/mol. The summed E-state index contributed by atoms with van der Waals surface area (Å²) in [5, 5.41) is 6.58. The Morgan fingerprint density at radius 1 is 1.17 bits per heavy atom. The molecule has 0 radical (unpaired) electrons. The van der Waals surface area contributed by atoms with Crippen molar-refractivity contribution in [1.29, 1.82) is 0 Å². The fourth-order valence-corrected chi connectivity index (χ4v) is 1.45. The molecule has 0 unspecified atom stereocenters. The van der Waals surface area contributed by atoms with Crippen LogP contribution in [-0.2, 0) is 4.74 Å². The molecule has 0 saturated carbocycles. The molecule has 5 heteroatoms. The van der Waals surface area contributed by atoms with Crippen molar-refractivity contribution in [3.05, 3.63) is 0 Å². The second-order valence-electron chi connectivity index (χ2n) is 4.39. The number of hydrogen-bond acceptors (Lipinski definition) is 3. The number of rotatable bonds is 10. The van der Waals surface area contributed by atoms with Crippen LogP contribution < -0.4 is 10.6 Å². The molecule has 0 aromatic rings. The van der Waals surface area contributed by atoms with E-state index in [1.165, 1.54) is 0 Å². The zero-order valence-electron chi connectivity index (χ0n) is 12.5. The predicted octanol–water partition coefficient (Wildman–Crippen LogP) is 0.920. The summed E-state index contributed by atoms with van der Waals surface area (Å²) in [7, 11) is 4.18. The fraction of sp³-hybridized carbons (Fsp3) is 0.923. The quantitative estimate of drug-likeness (QED) is 0.347. The van der Waals surface area contributed by atoms with Crippen LogP contribution in [0.5, 0.6) is 0 Å². The van der Waals surface area contributed by atoms with Crippen LogP contribution in [0.1, 0.15) is 26.7 Å². The van der Waals surface area contributed by atoms with Gasteiger partial charge in [-0.05, 0) is 47.3 Å². The SMILES string of the molecule is CCNC(=NCCCOCC)NCCCN(C)C. The largest absolute Gasteiger partial charge is 0.382 e. The Bertz CT molecular complexity index is 207. The highest BCUT2D eigenvalue weighted by Crippen LogP contribution is 1.85. The summed E-state index contributed by atoms with van der Waals surface area (Å²) in [6.45, 7) is 9.42. The van der Waals surface area contributed by atoms with Gasteiger partial charge in [0.15, 0.2) is 5.96 Å². The van der Waals surface area contributed by atoms with E-state index in [4.69, 9.17) is 4.74 Å². The van der Waals surface area contributed by atoms with Gasteiger partial charge in [-0.25, -0.2) is 0 Å². The van der Waals surface area contributed by atoms with Gasteiger partial charge in [-0.1, -0.05) is 0 Å². The molecule has 0 saturated heterocycles. The molecule has 0 aliphatic rings. The molecule has 0 aliphatic heterocycles. The van der Waals surface area contributed by atoms with E-state index in [1.807, 2.05) is 6.92 Å². The molecule has 0 atom stereocenters. The maximum atomic E-state index is 5.28. The van der Waals surface area contributed by atoms with Crippen molar-refractivity contribution in [2.75, 3.05) is 53.5 Å². The Labute approximate surface area is 112 Å². The smallest absolute Gasteiger partial charge is 0.191 e. The van der Waals surface area contributed by atoms with Gasteiger partial charge in [0.05, 0.1) is 0 Å². The third-order valence-electron chi connectivity index (χ3n) is 2.34. The lowest BCUT2D eigenvalue weighted by Crippen LogP contribution is -2.38. The molecule has 0 heterocycles. The van der Waals surface area contributed by atoms with Gasteiger partial charge >= 0.3 is 0 Å². The molecule has 0 fully saturated rings. The third-order valence-corrected chi connectivity index (χ3v) is 2.34. The zero-order valence-corrected chi connectivity index (χ0v) is 12.5. The Hall–Kier alpha value is -0.810. The van der Waals surface area contributed by atoms with Gasteiger partial charge in [0.1, 0.15) is 0 Å². The highest BCUT2D eigenvalue weighted by Gasteiger charge is 1.96. The number of ether oxygens (including phenoxy) is 1. The standard InChI is InChI=1S/C13H30N4O/c1-5-14-13(15-9-7-11-17(3)4)16-10-8-12-18-6-2/h5-12H2,1-4H3,(H2,14,15,16). The highest BCUT2D eigenvalue weighted by atomic mass is 16.5. The molecule has 0 rings (SSSR count). The molecule has 2 N–H and O–H groups in total. The van der Waals surface area contributed by atoms with Crippen molar-refractivity contribution in [3.63, 3.8) is 0 Å². The van der Waals surface area contributed by atoms with Crippen LogP contribution in [0.25, 0.3) is 0 Å². The molecule has 0 aliphatic carbocycles. The highest BCUT2D eigenvalue weighted by molar-refractivity contribution is 5.79. The third kappa shape index (κ3) is 11.7. The number of nitrogens with zero attached hydrogens (tertiary/aromatic N) is 2. The zero-order chi connectivity index (χ0) is 13.6. The first-order valence-electron chi connectivity index (χ1n) is 6.95. The summed E-state index contributed by atoms with van der Waals surface area (Å²) < 4.78 is 5.28. The lowest BCUT2D eigenvalue weighted by atomic mass is 10.4. The Morgan fingerprint density at radius 3 is 2.56 bits per heavy atom. The Morgan fingerprint density at radius 2 is 1.94 bits per heavy atom. The maximum Gasteiger partial charge on any atom is 0.191 e. The topological polar surface area (TPSA) is 48.9 Å². The van der Waals surface area contributed by atoms with Crippen LogP contribution in [0, 0.1) is 0 Å². The molecule has 0 bridgehead atoms. The second-order valence-corrected chi connectivity index (χ2v) is 4.39. The first-order valence-corrected chi connectivity index (χ1v) is 6.95. The van der Waals surface area contributed by atoms with Crippen LogP contribution in [-0.4, -0.2) is 64.3 Å².